The lowest BCUT2D eigenvalue weighted by Gasteiger charge is -2.21. The Labute approximate surface area is 152 Å². The van der Waals surface area contributed by atoms with E-state index in [1.165, 1.54) is 6.21 Å². The number of aryl methyl sites for hydroxylation is 1. The first-order valence-electron chi connectivity index (χ1n) is 7.37. The molecule has 8 heteroatoms. The molecule has 25 heavy (non-hydrogen) atoms. The Morgan fingerprint density at radius 2 is 1.96 bits per heavy atom. The van der Waals surface area contributed by atoms with E-state index in [1.54, 1.807) is 42.5 Å². The molecular formula is C17H18ClN3O3S. The Balaban J connectivity index is 2.07. The molecule has 0 radical (unpaired) electrons. The molecule has 0 unspecified atom stereocenters. The van der Waals surface area contributed by atoms with E-state index in [-0.39, 0.29) is 6.54 Å². The van der Waals surface area contributed by atoms with Crippen molar-refractivity contribution in [2.75, 3.05) is 17.1 Å². The summed E-state index contributed by atoms with van der Waals surface area (Å²) in [7, 11) is -3.61. The molecule has 2 rings (SSSR count). The monoisotopic (exact) mass is 379 g/mol. The van der Waals surface area contributed by atoms with Crippen molar-refractivity contribution in [1.82, 2.24) is 5.43 Å². The van der Waals surface area contributed by atoms with Gasteiger partial charge in [0.1, 0.15) is 6.54 Å². The molecule has 132 valence electrons. The number of hydrogen-bond donors (Lipinski definition) is 1. The number of benzene rings is 2. The zero-order valence-corrected chi connectivity index (χ0v) is 15.4. The van der Waals surface area contributed by atoms with Gasteiger partial charge in [-0.1, -0.05) is 35.9 Å². The summed E-state index contributed by atoms with van der Waals surface area (Å²) in [5.41, 5.74) is 4.35. The summed E-state index contributed by atoms with van der Waals surface area (Å²) in [5.74, 6) is -0.551. The first-order chi connectivity index (χ1) is 11.8. The van der Waals surface area contributed by atoms with E-state index in [4.69, 9.17) is 11.6 Å². The smallest absolute Gasteiger partial charge is 0.260 e. The lowest BCUT2D eigenvalue weighted by Crippen LogP contribution is -2.39. The standard InChI is InChI=1S/C17H18ClN3O3S/c1-13-5-3-8-16(9-13)21(25(2,23)24)12-17(22)20-19-11-14-6-4-7-15(18)10-14/h3-11H,12H2,1-2H3,(H,20,22)/b19-11-. The number of nitrogens with zero attached hydrogens (tertiary/aromatic N) is 2. The molecule has 0 aliphatic heterocycles. The summed E-state index contributed by atoms with van der Waals surface area (Å²) in [4.78, 5) is 12.1. The average molecular weight is 380 g/mol. The van der Waals surface area contributed by atoms with Gasteiger partial charge in [-0.2, -0.15) is 5.10 Å². The van der Waals surface area contributed by atoms with Gasteiger partial charge in [0.2, 0.25) is 10.0 Å². The van der Waals surface area contributed by atoms with Crippen molar-refractivity contribution in [2.24, 2.45) is 5.10 Å². The van der Waals surface area contributed by atoms with Gasteiger partial charge in [0.05, 0.1) is 18.2 Å². The van der Waals surface area contributed by atoms with Crippen LogP contribution in [0, 0.1) is 6.92 Å². The molecule has 0 aliphatic rings. The molecule has 0 aromatic heterocycles. The molecule has 0 heterocycles. The first-order valence-corrected chi connectivity index (χ1v) is 9.60. The van der Waals surface area contributed by atoms with E-state index < -0.39 is 15.9 Å². The fourth-order valence-corrected chi connectivity index (χ4v) is 3.16. The van der Waals surface area contributed by atoms with Crippen LogP contribution in [0.3, 0.4) is 0 Å². The first kappa shape index (κ1) is 19.0. The molecule has 0 saturated heterocycles. The van der Waals surface area contributed by atoms with Crippen molar-refractivity contribution >= 4 is 39.4 Å². The maximum absolute atomic E-state index is 12.1. The molecular weight excluding hydrogens is 362 g/mol. The van der Waals surface area contributed by atoms with Crippen LogP contribution in [0.2, 0.25) is 5.02 Å². The predicted octanol–water partition coefficient (Wildman–Crippen LogP) is 2.56. The van der Waals surface area contributed by atoms with Gasteiger partial charge in [-0.3, -0.25) is 9.10 Å². The molecule has 0 saturated carbocycles. The van der Waals surface area contributed by atoms with E-state index in [1.807, 2.05) is 13.0 Å². The Morgan fingerprint density at radius 3 is 2.60 bits per heavy atom. The quantitative estimate of drug-likeness (QED) is 0.618. The second-order valence-electron chi connectivity index (χ2n) is 5.46. The van der Waals surface area contributed by atoms with E-state index in [0.717, 1.165) is 16.1 Å². The summed E-state index contributed by atoms with van der Waals surface area (Å²) in [6.07, 6.45) is 2.49. The fraction of sp³-hybridized carbons (Fsp3) is 0.176. The van der Waals surface area contributed by atoms with E-state index in [2.05, 4.69) is 10.5 Å². The molecule has 0 aliphatic carbocycles. The van der Waals surface area contributed by atoms with Crippen molar-refractivity contribution in [2.45, 2.75) is 6.92 Å². The number of carbonyl (C=O) groups is 1. The maximum Gasteiger partial charge on any atom is 0.260 e. The molecule has 0 spiro atoms. The number of anilines is 1. The highest BCUT2D eigenvalue weighted by Crippen LogP contribution is 2.18. The Morgan fingerprint density at radius 1 is 1.24 bits per heavy atom. The predicted molar refractivity (Wildman–Crippen MR) is 101 cm³/mol. The van der Waals surface area contributed by atoms with Gasteiger partial charge in [0, 0.05) is 5.02 Å². The number of rotatable bonds is 6. The summed E-state index contributed by atoms with van der Waals surface area (Å²) in [6.45, 7) is 1.48. The summed E-state index contributed by atoms with van der Waals surface area (Å²) >= 11 is 5.86. The van der Waals surface area contributed by atoms with E-state index in [9.17, 15) is 13.2 Å². The molecule has 0 bridgehead atoms. The van der Waals surface area contributed by atoms with Crippen LogP contribution in [0.4, 0.5) is 5.69 Å². The van der Waals surface area contributed by atoms with Crippen LogP contribution < -0.4 is 9.73 Å². The van der Waals surface area contributed by atoms with Gasteiger partial charge < -0.3 is 0 Å². The van der Waals surface area contributed by atoms with Gasteiger partial charge in [-0.15, -0.1) is 0 Å². The lowest BCUT2D eigenvalue weighted by molar-refractivity contribution is -0.119. The number of amides is 1. The Hall–Kier alpha value is -2.38. The van der Waals surface area contributed by atoms with Crippen molar-refractivity contribution < 1.29 is 13.2 Å². The number of hydrogen-bond acceptors (Lipinski definition) is 4. The van der Waals surface area contributed by atoms with Crippen LogP contribution in [0.5, 0.6) is 0 Å². The summed E-state index contributed by atoms with van der Waals surface area (Å²) in [6, 6.07) is 13.9. The number of nitrogens with one attached hydrogen (secondary N) is 1. The number of hydrazone groups is 1. The third-order valence-corrected chi connectivity index (χ3v) is 4.60. The molecule has 2 aromatic rings. The largest absolute Gasteiger partial charge is 0.271 e. The summed E-state index contributed by atoms with van der Waals surface area (Å²) in [5, 5.41) is 4.38. The van der Waals surface area contributed by atoms with Crippen molar-refractivity contribution in [3.63, 3.8) is 0 Å². The number of halogens is 1. The third kappa shape index (κ3) is 5.88. The molecule has 6 nitrogen and oxygen atoms in total. The minimum atomic E-state index is -3.61. The normalized spacial score (nSPS) is 11.5. The number of sulfonamides is 1. The minimum Gasteiger partial charge on any atom is -0.271 e. The third-order valence-electron chi connectivity index (χ3n) is 3.23. The van der Waals surface area contributed by atoms with Crippen LogP contribution >= 0.6 is 11.6 Å². The van der Waals surface area contributed by atoms with Gasteiger partial charge in [0.25, 0.3) is 5.91 Å². The Bertz CT molecular complexity index is 898. The van der Waals surface area contributed by atoms with Gasteiger partial charge in [0.15, 0.2) is 0 Å². The Kier molecular flexibility index (Phi) is 6.17. The van der Waals surface area contributed by atoms with Crippen LogP contribution in [-0.2, 0) is 14.8 Å². The molecule has 2 aromatic carbocycles. The van der Waals surface area contributed by atoms with E-state index in [0.29, 0.717) is 16.3 Å². The van der Waals surface area contributed by atoms with Crippen molar-refractivity contribution in [3.8, 4) is 0 Å². The highest BCUT2D eigenvalue weighted by atomic mass is 35.5. The zero-order chi connectivity index (χ0) is 18.4. The SMILES string of the molecule is Cc1cccc(N(CC(=O)N/N=C\c2cccc(Cl)c2)S(C)(=O)=O)c1. The lowest BCUT2D eigenvalue weighted by atomic mass is 10.2. The van der Waals surface area contributed by atoms with Crippen LogP contribution in [0.15, 0.2) is 53.6 Å². The van der Waals surface area contributed by atoms with Gasteiger partial charge >= 0.3 is 0 Å². The second kappa shape index (κ2) is 8.13. The van der Waals surface area contributed by atoms with Gasteiger partial charge in [-0.05, 0) is 42.3 Å². The molecule has 1 N–H and O–H groups in total. The topological polar surface area (TPSA) is 78.8 Å². The van der Waals surface area contributed by atoms with Gasteiger partial charge in [-0.25, -0.2) is 13.8 Å². The maximum atomic E-state index is 12.1. The molecule has 1 amide bonds. The summed E-state index contributed by atoms with van der Waals surface area (Å²) < 4.78 is 25.0. The fourth-order valence-electron chi connectivity index (χ4n) is 2.11. The van der Waals surface area contributed by atoms with Crippen molar-refractivity contribution in [3.05, 3.63) is 64.7 Å². The average Bonchev–Trinajstić information content (AvgIpc) is 2.51. The minimum absolute atomic E-state index is 0.366. The molecule has 0 fully saturated rings. The highest BCUT2D eigenvalue weighted by Gasteiger charge is 2.20. The highest BCUT2D eigenvalue weighted by molar-refractivity contribution is 7.92. The van der Waals surface area contributed by atoms with E-state index >= 15 is 0 Å². The number of carbonyl (C=O) groups excluding carboxylic acids is 1. The zero-order valence-electron chi connectivity index (χ0n) is 13.8. The van der Waals surface area contributed by atoms with Crippen LogP contribution in [0.25, 0.3) is 0 Å². The molecule has 0 atom stereocenters. The van der Waals surface area contributed by atoms with Crippen molar-refractivity contribution in [1.29, 1.82) is 0 Å². The second-order valence-corrected chi connectivity index (χ2v) is 7.80. The van der Waals surface area contributed by atoms with Crippen LogP contribution in [-0.4, -0.2) is 33.3 Å². The van der Waals surface area contributed by atoms with Crippen LogP contribution in [0.1, 0.15) is 11.1 Å².